The van der Waals surface area contributed by atoms with Crippen LogP contribution in [0.25, 0.3) is 0 Å². The first-order valence-corrected chi connectivity index (χ1v) is 10.3. The van der Waals surface area contributed by atoms with Crippen molar-refractivity contribution in [2.24, 2.45) is 5.14 Å². The zero-order chi connectivity index (χ0) is 17.4. The Hall–Kier alpha value is -1.81. The van der Waals surface area contributed by atoms with Gasteiger partial charge in [0.2, 0.25) is 20.0 Å². The maximum Gasteiger partial charge on any atom is 0.243 e. The number of rotatable bonds is 6. The number of aromatic nitrogens is 1. The van der Waals surface area contributed by atoms with Gasteiger partial charge in [0.05, 0.1) is 9.79 Å². The lowest BCUT2D eigenvalue weighted by atomic mass is 10.3. The molecule has 1 fully saturated rings. The molecule has 1 aliphatic rings. The number of benzene rings is 1. The Morgan fingerprint density at radius 2 is 1.79 bits per heavy atom. The summed E-state index contributed by atoms with van der Waals surface area (Å²) in [5, 5.41) is 5.10. The van der Waals surface area contributed by atoms with Crippen molar-refractivity contribution < 1.29 is 16.8 Å². The predicted octanol–water partition coefficient (Wildman–Crippen LogP) is 1.08. The molecule has 0 saturated heterocycles. The molecule has 128 valence electrons. The molecule has 3 rings (SSSR count). The number of primary sulfonamides is 1. The highest BCUT2D eigenvalue weighted by Crippen LogP contribution is 2.33. The monoisotopic (exact) mass is 367 g/mol. The van der Waals surface area contributed by atoms with Gasteiger partial charge in [-0.2, -0.15) is 4.31 Å². The van der Waals surface area contributed by atoms with E-state index in [1.54, 1.807) is 24.5 Å². The summed E-state index contributed by atoms with van der Waals surface area (Å²) in [7, 11) is -7.80. The van der Waals surface area contributed by atoms with Crippen LogP contribution < -0.4 is 5.14 Å². The molecule has 0 atom stereocenters. The average Bonchev–Trinajstić information content (AvgIpc) is 3.37. The quantitative estimate of drug-likeness (QED) is 0.821. The number of nitrogens with two attached hydrogens (primary N) is 1. The van der Waals surface area contributed by atoms with Crippen LogP contribution in [0.5, 0.6) is 0 Å². The molecule has 7 nitrogen and oxygen atoms in total. The molecule has 0 spiro atoms. The Morgan fingerprint density at radius 3 is 2.38 bits per heavy atom. The highest BCUT2D eigenvalue weighted by molar-refractivity contribution is 7.90. The van der Waals surface area contributed by atoms with Crippen LogP contribution >= 0.6 is 0 Å². The van der Waals surface area contributed by atoms with E-state index < -0.39 is 20.0 Å². The second-order valence-electron chi connectivity index (χ2n) is 5.66. The van der Waals surface area contributed by atoms with Crippen molar-refractivity contribution in [2.45, 2.75) is 35.2 Å². The van der Waals surface area contributed by atoms with Crippen molar-refractivity contribution in [2.75, 3.05) is 0 Å². The maximum absolute atomic E-state index is 13.0. The van der Waals surface area contributed by atoms with Gasteiger partial charge in [0.25, 0.3) is 0 Å². The summed E-state index contributed by atoms with van der Waals surface area (Å²) in [5.41, 5.74) is 0.774. The summed E-state index contributed by atoms with van der Waals surface area (Å²) in [6.45, 7) is 0.195. The van der Waals surface area contributed by atoms with Gasteiger partial charge in [-0.25, -0.2) is 22.0 Å². The molecule has 24 heavy (non-hydrogen) atoms. The largest absolute Gasteiger partial charge is 0.264 e. The van der Waals surface area contributed by atoms with Gasteiger partial charge in [0, 0.05) is 25.0 Å². The van der Waals surface area contributed by atoms with Crippen molar-refractivity contribution in [1.82, 2.24) is 9.29 Å². The van der Waals surface area contributed by atoms with Crippen LogP contribution in [0.15, 0.2) is 58.6 Å². The highest BCUT2D eigenvalue weighted by Gasteiger charge is 2.38. The Labute approximate surface area is 141 Å². The normalized spacial score (nSPS) is 15.6. The Kier molecular flexibility index (Phi) is 4.43. The van der Waals surface area contributed by atoms with E-state index in [-0.39, 0.29) is 22.4 Å². The number of nitrogens with zero attached hydrogens (tertiary/aromatic N) is 2. The third-order valence-electron chi connectivity index (χ3n) is 3.76. The second kappa shape index (κ2) is 6.25. The van der Waals surface area contributed by atoms with Crippen LogP contribution in [-0.2, 0) is 26.6 Å². The topological polar surface area (TPSA) is 110 Å². The van der Waals surface area contributed by atoms with Gasteiger partial charge in [-0.15, -0.1) is 0 Å². The lowest BCUT2D eigenvalue weighted by Crippen LogP contribution is -2.32. The fourth-order valence-electron chi connectivity index (χ4n) is 2.39. The minimum absolute atomic E-state index is 0.0756. The summed E-state index contributed by atoms with van der Waals surface area (Å²) >= 11 is 0. The molecular weight excluding hydrogens is 350 g/mol. The number of sulfonamides is 2. The lowest BCUT2D eigenvalue weighted by Gasteiger charge is -2.22. The summed E-state index contributed by atoms with van der Waals surface area (Å²) in [6.07, 6.45) is 4.81. The summed E-state index contributed by atoms with van der Waals surface area (Å²) < 4.78 is 50.3. The molecule has 1 saturated carbocycles. The molecule has 1 aromatic carbocycles. The van der Waals surface area contributed by atoms with Crippen LogP contribution in [0.2, 0.25) is 0 Å². The second-order valence-corrected chi connectivity index (χ2v) is 9.11. The molecule has 1 aromatic heterocycles. The van der Waals surface area contributed by atoms with Gasteiger partial charge < -0.3 is 0 Å². The van der Waals surface area contributed by atoms with Gasteiger partial charge in [-0.05, 0) is 42.7 Å². The van der Waals surface area contributed by atoms with Gasteiger partial charge >= 0.3 is 0 Å². The molecule has 2 N–H and O–H groups in total. The van der Waals surface area contributed by atoms with Crippen LogP contribution in [0.3, 0.4) is 0 Å². The van der Waals surface area contributed by atoms with Gasteiger partial charge in [0.15, 0.2) is 0 Å². The molecule has 1 aliphatic carbocycles. The van der Waals surface area contributed by atoms with Crippen molar-refractivity contribution in [3.63, 3.8) is 0 Å². The van der Waals surface area contributed by atoms with Crippen LogP contribution in [0, 0.1) is 0 Å². The van der Waals surface area contributed by atoms with Crippen LogP contribution in [0.1, 0.15) is 18.4 Å². The van der Waals surface area contributed by atoms with E-state index in [0.717, 1.165) is 24.5 Å². The Balaban J connectivity index is 1.98. The molecule has 2 aromatic rings. The van der Waals surface area contributed by atoms with Crippen LogP contribution in [-0.4, -0.2) is 32.2 Å². The Morgan fingerprint density at radius 1 is 1.08 bits per heavy atom. The molecule has 9 heteroatoms. The Bertz CT molecular complexity index is 940. The standard InChI is InChI=1S/C15H17N3O4S2/c16-23(19,20)14-4-1-5-15(9-14)24(21,22)18(13-6-7-13)11-12-3-2-8-17-10-12/h1-5,8-10,13H,6-7,11H2,(H2,16,19,20). The van der Waals surface area contributed by atoms with Gasteiger partial charge in [-0.1, -0.05) is 12.1 Å². The maximum atomic E-state index is 13.0. The third-order valence-corrected chi connectivity index (χ3v) is 6.56. The van der Waals surface area contributed by atoms with Crippen molar-refractivity contribution in [3.8, 4) is 0 Å². The summed E-state index contributed by atoms with van der Waals surface area (Å²) in [5.74, 6) is 0. The van der Waals surface area contributed by atoms with E-state index in [9.17, 15) is 16.8 Å². The van der Waals surface area contributed by atoms with E-state index in [4.69, 9.17) is 5.14 Å². The summed E-state index contributed by atoms with van der Waals surface area (Å²) in [4.78, 5) is 3.70. The first-order chi connectivity index (χ1) is 11.3. The van der Waals surface area contributed by atoms with Crippen LogP contribution in [0.4, 0.5) is 0 Å². The first kappa shape index (κ1) is 17.0. The van der Waals surface area contributed by atoms with Gasteiger partial charge in [-0.3, -0.25) is 4.98 Å². The van der Waals surface area contributed by atoms with Crippen molar-refractivity contribution in [3.05, 3.63) is 54.4 Å². The molecule has 0 aliphatic heterocycles. The fraction of sp³-hybridized carbons (Fsp3) is 0.267. The lowest BCUT2D eigenvalue weighted by molar-refractivity contribution is 0.398. The summed E-state index contributed by atoms with van der Waals surface area (Å²) in [6, 6.07) is 8.60. The number of hydrogen-bond acceptors (Lipinski definition) is 5. The molecule has 0 unspecified atom stereocenters. The smallest absolute Gasteiger partial charge is 0.243 e. The van der Waals surface area contributed by atoms with E-state index in [2.05, 4.69) is 4.98 Å². The SMILES string of the molecule is NS(=O)(=O)c1cccc(S(=O)(=O)N(Cc2cccnc2)C2CC2)c1. The molecule has 1 heterocycles. The molecule has 0 radical (unpaired) electrons. The van der Waals surface area contributed by atoms with E-state index >= 15 is 0 Å². The minimum Gasteiger partial charge on any atom is -0.264 e. The minimum atomic E-state index is -3.97. The number of hydrogen-bond donors (Lipinski definition) is 1. The van der Waals surface area contributed by atoms with E-state index in [1.807, 2.05) is 0 Å². The average molecular weight is 367 g/mol. The third kappa shape index (κ3) is 3.64. The fourth-order valence-corrected chi connectivity index (χ4v) is 4.75. The van der Waals surface area contributed by atoms with Crippen molar-refractivity contribution >= 4 is 20.0 Å². The van der Waals surface area contributed by atoms with E-state index in [0.29, 0.717) is 0 Å². The van der Waals surface area contributed by atoms with E-state index in [1.165, 1.54) is 22.5 Å². The zero-order valence-electron chi connectivity index (χ0n) is 12.7. The number of pyridine rings is 1. The first-order valence-electron chi connectivity index (χ1n) is 7.32. The molecule has 0 bridgehead atoms. The molecule has 0 amide bonds. The predicted molar refractivity (Wildman–Crippen MR) is 87.8 cm³/mol. The molecular formula is C15H17N3O4S2. The van der Waals surface area contributed by atoms with Gasteiger partial charge in [0.1, 0.15) is 0 Å². The zero-order valence-corrected chi connectivity index (χ0v) is 14.4. The van der Waals surface area contributed by atoms with Crippen molar-refractivity contribution in [1.29, 1.82) is 0 Å². The highest BCUT2D eigenvalue weighted by atomic mass is 32.2.